The lowest BCUT2D eigenvalue weighted by atomic mass is 10.1. The number of aromatic nitrogens is 2. The molecule has 0 radical (unpaired) electrons. The van der Waals surface area contributed by atoms with Crippen molar-refractivity contribution >= 4 is 17.7 Å². The molecule has 0 atom stereocenters. The maximum atomic E-state index is 12.8. The van der Waals surface area contributed by atoms with Crippen LogP contribution in [0.3, 0.4) is 0 Å². The van der Waals surface area contributed by atoms with E-state index in [1.165, 1.54) is 35.7 Å². The van der Waals surface area contributed by atoms with E-state index in [4.69, 9.17) is 4.74 Å². The van der Waals surface area contributed by atoms with Crippen LogP contribution in [0.2, 0.25) is 0 Å². The van der Waals surface area contributed by atoms with E-state index in [1.54, 1.807) is 22.8 Å². The number of ether oxygens (including phenoxy) is 1. The van der Waals surface area contributed by atoms with Gasteiger partial charge in [-0.3, -0.25) is 9.59 Å². The maximum Gasteiger partial charge on any atom is 0.409 e. The molecule has 176 valence electrons. The predicted molar refractivity (Wildman–Crippen MR) is 125 cm³/mol. The first-order valence-electron chi connectivity index (χ1n) is 11.7. The van der Waals surface area contributed by atoms with E-state index in [9.17, 15) is 14.4 Å². The number of hydrogen-bond donors (Lipinski definition) is 0. The van der Waals surface area contributed by atoms with Crippen molar-refractivity contribution in [3.8, 4) is 11.3 Å². The zero-order valence-corrected chi connectivity index (χ0v) is 19.1. The Morgan fingerprint density at radius 1 is 0.879 bits per heavy atom. The third-order valence-electron chi connectivity index (χ3n) is 6.19. The monoisotopic (exact) mass is 453 g/mol. The van der Waals surface area contributed by atoms with Crippen LogP contribution in [0.25, 0.3) is 11.3 Å². The molecule has 9 nitrogen and oxygen atoms in total. The molecule has 0 spiro atoms. The van der Waals surface area contributed by atoms with Crippen LogP contribution in [0.15, 0.2) is 41.2 Å². The Balaban J connectivity index is 1.40. The molecule has 2 aromatic rings. The van der Waals surface area contributed by atoms with Gasteiger partial charge >= 0.3 is 6.09 Å². The van der Waals surface area contributed by atoms with Gasteiger partial charge in [0.15, 0.2) is 0 Å². The van der Waals surface area contributed by atoms with E-state index in [0.29, 0.717) is 38.5 Å². The average molecular weight is 454 g/mol. The van der Waals surface area contributed by atoms with Gasteiger partial charge in [0.2, 0.25) is 5.91 Å². The number of amides is 2. The molecule has 0 aliphatic carbocycles. The number of hydrogen-bond acceptors (Lipinski definition) is 6. The molecule has 2 aliphatic heterocycles. The first-order valence-corrected chi connectivity index (χ1v) is 11.7. The number of anilines is 1. The zero-order valence-electron chi connectivity index (χ0n) is 19.1. The van der Waals surface area contributed by atoms with Crippen molar-refractivity contribution in [2.24, 2.45) is 0 Å². The molecular formula is C24H31N5O4. The normalized spacial score (nSPS) is 16.6. The number of carbonyl (C=O) groups excluding carboxylic acids is 2. The minimum Gasteiger partial charge on any atom is -0.450 e. The van der Waals surface area contributed by atoms with E-state index in [0.717, 1.165) is 18.7 Å². The first kappa shape index (κ1) is 22.8. The minimum absolute atomic E-state index is 0.127. The lowest BCUT2D eigenvalue weighted by molar-refractivity contribution is -0.133. The van der Waals surface area contributed by atoms with Gasteiger partial charge < -0.3 is 19.4 Å². The molecule has 2 amide bonds. The second-order valence-corrected chi connectivity index (χ2v) is 8.38. The molecular weight excluding hydrogens is 422 g/mol. The van der Waals surface area contributed by atoms with Crippen molar-refractivity contribution in [2.45, 2.75) is 32.7 Å². The smallest absolute Gasteiger partial charge is 0.409 e. The Morgan fingerprint density at radius 2 is 1.55 bits per heavy atom. The fraction of sp³-hybridized carbons (Fsp3) is 0.500. The number of rotatable bonds is 5. The highest BCUT2D eigenvalue weighted by Gasteiger charge is 2.25. The van der Waals surface area contributed by atoms with Crippen LogP contribution in [0.5, 0.6) is 0 Å². The number of piperazine rings is 1. The summed E-state index contributed by atoms with van der Waals surface area (Å²) in [5, 5.41) is 4.45. The van der Waals surface area contributed by atoms with Crippen LogP contribution in [0.1, 0.15) is 26.2 Å². The Kier molecular flexibility index (Phi) is 7.26. The molecule has 9 heteroatoms. The summed E-state index contributed by atoms with van der Waals surface area (Å²) in [6, 6.07) is 11.3. The summed E-state index contributed by atoms with van der Waals surface area (Å²) in [6.45, 7) is 5.76. The molecule has 0 bridgehead atoms. The van der Waals surface area contributed by atoms with Crippen molar-refractivity contribution in [2.75, 3.05) is 50.8 Å². The Morgan fingerprint density at radius 3 is 2.21 bits per heavy atom. The van der Waals surface area contributed by atoms with Gasteiger partial charge in [-0.15, -0.1) is 0 Å². The van der Waals surface area contributed by atoms with E-state index in [2.05, 4.69) is 22.1 Å². The summed E-state index contributed by atoms with van der Waals surface area (Å²) in [5.41, 5.74) is 2.44. The third kappa shape index (κ3) is 5.53. The van der Waals surface area contributed by atoms with E-state index >= 15 is 0 Å². The van der Waals surface area contributed by atoms with Crippen LogP contribution in [-0.2, 0) is 16.1 Å². The van der Waals surface area contributed by atoms with Crippen LogP contribution in [0.4, 0.5) is 10.5 Å². The van der Waals surface area contributed by atoms with E-state index in [1.807, 2.05) is 12.1 Å². The molecule has 0 saturated carbocycles. The fourth-order valence-electron chi connectivity index (χ4n) is 4.29. The summed E-state index contributed by atoms with van der Waals surface area (Å²) < 4.78 is 6.23. The van der Waals surface area contributed by atoms with Gasteiger partial charge in [-0.05, 0) is 44.4 Å². The molecule has 1 aromatic carbocycles. The van der Waals surface area contributed by atoms with Gasteiger partial charge in [-0.2, -0.15) is 5.10 Å². The molecule has 4 rings (SSSR count). The fourth-order valence-corrected chi connectivity index (χ4v) is 4.29. The lowest BCUT2D eigenvalue weighted by Crippen LogP contribution is -2.51. The van der Waals surface area contributed by atoms with Crippen molar-refractivity contribution in [3.63, 3.8) is 0 Å². The molecule has 0 unspecified atom stereocenters. The Hall–Kier alpha value is -3.36. The second-order valence-electron chi connectivity index (χ2n) is 8.38. The average Bonchev–Trinajstić information content (AvgIpc) is 2.86. The molecule has 0 N–H and O–H groups in total. The van der Waals surface area contributed by atoms with Crippen LogP contribution >= 0.6 is 0 Å². The van der Waals surface area contributed by atoms with Gasteiger partial charge in [-0.1, -0.05) is 12.1 Å². The van der Waals surface area contributed by atoms with Crippen LogP contribution in [-0.4, -0.2) is 77.5 Å². The van der Waals surface area contributed by atoms with Gasteiger partial charge in [0.05, 0.1) is 12.3 Å². The number of piperidine rings is 1. The third-order valence-corrected chi connectivity index (χ3v) is 6.19. The number of carbonyl (C=O) groups is 2. The molecule has 2 aliphatic rings. The van der Waals surface area contributed by atoms with Crippen LogP contribution in [0, 0.1) is 0 Å². The summed E-state index contributed by atoms with van der Waals surface area (Å²) in [4.78, 5) is 42.6. The van der Waals surface area contributed by atoms with Gasteiger partial charge in [0, 0.05) is 56.6 Å². The summed E-state index contributed by atoms with van der Waals surface area (Å²) in [5.74, 6) is -0.189. The molecule has 3 heterocycles. The Labute approximate surface area is 193 Å². The zero-order chi connectivity index (χ0) is 23.2. The molecule has 2 saturated heterocycles. The van der Waals surface area contributed by atoms with E-state index < -0.39 is 0 Å². The minimum atomic E-state index is -0.360. The topological polar surface area (TPSA) is 88.0 Å². The van der Waals surface area contributed by atoms with Gasteiger partial charge in [0.25, 0.3) is 5.56 Å². The molecule has 2 fully saturated rings. The van der Waals surface area contributed by atoms with Crippen molar-refractivity contribution in [1.29, 1.82) is 0 Å². The van der Waals surface area contributed by atoms with Gasteiger partial charge in [0.1, 0.15) is 6.54 Å². The highest BCUT2D eigenvalue weighted by atomic mass is 16.6. The number of nitrogens with zero attached hydrogens (tertiary/aromatic N) is 5. The van der Waals surface area contributed by atoms with Crippen molar-refractivity contribution in [1.82, 2.24) is 19.6 Å². The highest BCUT2D eigenvalue weighted by Crippen LogP contribution is 2.23. The summed E-state index contributed by atoms with van der Waals surface area (Å²) >= 11 is 0. The maximum absolute atomic E-state index is 12.8. The van der Waals surface area contributed by atoms with Gasteiger partial charge in [-0.25, -0.2) is 9.48 Å². The lowest BCUT2D eigenvalue weighted by Gasteiger charge is -2.34. The largest absolute Gasteiger partial charge is 0.450 e. The standard InChI is InChI=1S/C24H31N5O4/c1-2-33-24(32)28-16-14-27(15-17-28)23(31)18-29-22(30)11-10-21(25-29)19-6-8-20(9-7-19)26-12-4-3-5-13-26/h6-11H,2-5,12-18H2,1H3. The summed E-state index contributed by atoms with van der Waals surface area (Å²) in [7, 11) is 0. The van der Waals surface area contributed by atoms with Crippen LogP contribution < -0.4 is 10.5 Å². The first-order chi connectivity index (χ1) is 16.0. The van der Waals surface area contributed by atoms with Crippen molar-refractivity contribution < 1.29 is 14.3 Å². The quantitative estimate of drug-likeness (QED) is 0.690. The second kappa shape index (κ2) is 10.5. The molecule has 33 heavy (non-hydrogen) atoms. The molecule has 1 aromatic heterocycles. The van der Waals surface area contributed by atoms with E-state index in [-0.39, 0.29) is 24.1 Å². The SMILES string of the molecule is CCOC(=O)N1CCN(C(=O)Cn2nc(-c3ccc(N4CCCCC4)cc3)ccc2=O)CC1. The Bertz CT molecular complexity index is 1020. The summed E-state index contributed by atoms with van der Waals surface area (Å²) in [6.07, 6.45) is 3.38. The van der Waals surface area contributed by atoms with Crippen molar-refractivity contribution in [3.05, 3.63) is 46.8 Å². The highest BCUT2D eigenvalue weighted by molar-refractivity contribution is 5.76. The number of benzene rings is 1. The predicted octanol–water partition coefficient (Wildman–Crippen LogP) is 2.20.